The second kappa shape index (κ2) is 8.03. The number of anilines is 2. The highest BCUT2D eigenvalue weighted by atomic mass is 16.3. The van der Waals surface area contributed by atoms with Crippen molar-refractivity contribution in [3.8, 4) is 0 Å². The Labute approximate surface area is 159 Å². The van der Waals surface area contributed by atoms with E-state index in [-0.39, 0.29) is 11.9 Å². The van der Waals surface area contributed by atoms with E-state index in [1.54, 1.807) is 30.2 Å². The topological polar surface area (TPSA) is 71.3 Å². The van der Waals surface area contributed by atoms with E-state index in [2.05, 4.69) is 15.3 Å². The standard InChI is InChI=1S/C21H24N4O2/c1-5-25(20(26)18-13-14(2)27-16(18)4)19-11-12-22-21(24-19)23-15(3)17-9-7-6-8-10-17/h6-13,15H,5H2,1-4H3,(H,22,23,24)/t15-/m0/s1. The molecule has 3 aromatic rings. The molecule has 0 spiro atoms. The molecule has 0 aliphatic heterocycles. The SMILES string of the molecule is CCN(C(=O)c1cc(C)oc1C)c1ccnc(N[C@@H](C)c2ccccc2)n1. The maximum atomic E-state index is 13.0. The molecule has 1 amide bonds. The van der Waals surface area contributed by atoms with Crippen LogP contribution >= 0.6 is 0 Å². The van der Waals surface area contributed by atoms with Gasteiger partial charge in [-0.15, -0.1) is 0 Å². The minimum Gasteiger partial charge on any atom is -0.466 e. The van der Waals surface area contributed by atoms with Crippen LogP contribution < -0.4 is 10.2 Å². The van der Waals surface area contributed by atoms with Crippen molar-refractivity contribution in [2.24, 2.45) is 0 Å². The van der Waals surface area contributed by atoms with Gasteiger partial charge in [0.05, 0.1) is 11.6 Å². The average Bonchev–Trinajstić information content (AvgIpc) is 3.01. The Morgan fingerprint density at radius 1 is 1.22 bits per heavy atom. The zero-order chi connectivity index (χ0) is 19.4. The van der Waals surface area contributed by atoms with E-state index in [0.29, 0.717) is 35.4 Å². The van der Waals surface area contributed by atoms with Gasteiger partial charge in [-0.2, -0.15) is 4.98 Å². The van der Waals surface area contributed by atoms with E-state index in [0.717, 1.165) is 5.56 Å². The highest BCUT2D eigenvalue weighted by Gasteiger charge is 2.22. The van der Waals surface area contributed by atoms with E-state index < -0.39 is 0 Å². The van der Waals surface area contributed by atoms with E-state index in [9.17, 15) is 4.79 Å². The van der Waals surface area contributed by atoms with Gasteiger partial charge in [-0.1, -0.05) is 30.3 Å². The first-order valence-corrected chi connectivity index (χ1v) is 9.03. The lowest BCUT2D eigenvalue weighted by atomic mass is 10.1. The quantitative estimate of drug-likeness (QED) is 0.696. The highest BCUT2D eigenvalue weighted by Crippen LogP contribution is 2.22. The number of benzene rings is 1. The summed E-state index contributed by atoms with van der Waals surface area (Å²) < 4.78 is 5.50. The minimum absolute atomic E-state index is 0.0472. The second-order valence-corrected chi connectivity index (χ2v) is 6.39. The molecule has 140 valence electrons. The van der Waals surface area contributed by atoms with Gasteiger partial charge in [0, 0.05) is 12.7 Å². The van der Waals surface area contributed by atoms with Crippen molar-refractivity contribution in [2.45, 2.75) is 33.7 Å². The molecule has 1 atom stereocenters. The summed E-state index contributed by atoms with van der Waals surface area (Å²) >= 11 is 0. The number of carbonyl (C=O) groups is 1. The zero-order valence-electron chi connectivity index (χ0n) is 16.1. The Hall–Kier alpha value is -3.15. The normalized spacial score (nSPS) is 11.9. The molecule has 0 radical (unpaired) electrons. The third kappa shape index (κ3) is 4.16. The average molecular weight is 364 g/mol. The number of amides is 1. The van der Waals surface area contributed by atoms with Crippen LogP contribution in [-0.4, -0.2) is 22.4 Å². The largest absolute Gasteiger partial charge is 0.466 e. The third-order valence-electron chi connectivity index (χ3n) is 4.40. The number of carbonyl (C=O) groups excluding carboxylic acids is 1. The molecule has 0 saturated heterocycles. The minimum atomic E-state index is -0.132. The van der Waals surface area contributed by atoms with Crippen LogP contribution in [0.5, 0.6) is 0 Å². The summed E-state index contributed by atoms with van der Waals surface area (Å²) in [6.07, 6.45) is 1.66. The number of hydrogen-bond acceptors (Lipinski definition) is 5. The van der Waals surface area contributed by atoms with Crippen molar-refractivity contribution in [1.82, 2.24) is 9.97 Å². The smallest absolute Gasteiger partial charge is 0.262 e. The number of rotatable bonds is 6. The van der Waals surface area contributed by atoms with Crippen LogP contribution in [0.25, 0.3) is 0 Å². The van der Waals surface area contributed by atoms with Gasteiger partial charge in [0.25, 0.3) is 5.91 Å². The molecule has 0 fully saturated rings. The van der Waals surface area contributed by atoms with Gasteiger partial charge in [-0.3, -0.25) is 9.69 Å². The summed E-state index contributed by atoms with van der Waals surface area (Å²) in [4.78, 5) is 23.4. The summed E-state index contributed by atoms with van der Waals surface area (Å²) in [6.45, 7) is 8.08. The maximum absolute atomic E-state index is 13.0. The Morgan fingerprint density at radius 3 is 2.59 bits per heavy atom. The predicted molar refractivity (Wildman–Crippen MR) is 106 cm³/mol. The molecule has 6 heteroatoms. The van der Waals surface area contributed by atoms with Crippen molar-refractivity contribution in [1.29, 1.82) is 0 Å². The highest BCUT2D eigenvalue weighted by molar-refractivity contribution is 6.06. The number of nitrogens with one attached hydrogen (secondary N) is 1. The lowest BCUT2D eigenvalue weighted by molar-refractivity contribution is 0.0986. The van der Waals surface area contributed by atoms with Crippen LogP contribution in [0.2, 0.25) is 0 Å². The number of hydrogen-bond donors (Lipinski definition) is 1. The Morgan fingerprint density at radius 2 is 1.96 bits per heavy atom. The Kier molecular flexibility index (Phi) is 5.54. The van der Waals surface area contributed by atoms with Gasteiger partial charge in [0.2, 0.25) is 5.95 Å². The van der Waals surface area contributed by atoms with Crippen molar-refractivity contribution in [2.75, 3.05) is 16.8 Å². The molecule has 2 heterocycles. The monoisotopic (exact) mass is 364 g/mol. The van der Waals surface area contributed by atoms with E-state index in [1.165, 1.54) is 0 Å². The Balaban J connectivity index is 1.82. The fraction of sp³-hybridized carbons (Fsp3) is 0.286. The van der Waals surface area contributed by atoms with Gasteiger partial charge in [-0.25, -0.2) is 4.98 Å². The van der Waals surface area contributed by atoms with Crippen LogP contribution in [-0.2, 0) is 0 Å². The summed E-state index contributed by atoms with van der Waals surface area (Å²) in [5, 5.41) is 3.29. The number of nitrogens with zero attached hydrogens (tertiary/aromatic N) is 3. The summed E-state index contributed by atoms with van der Waals surface area (Å²) in [5.41, 5.74) is 1.69. The molecule has 0 aliphatic carbocycles. The van der Waals surface area contributed by atoms with Gasteiger partial charge in [0.15, 0.2) is 0 Å². The molecule has 6 nitrogen and oxygen atoms in total. The van der Waals surface area contributed by atoms with E-state index in [4.69, 9.17) is 4.42 Å². The van der Waals surface area contributed by atoms with E-state index >= 15 is 0 Å². The molecule has 0 aliphatic rings. The number of aromatic nitrogens is 2. The van der Waals surface area contributed by atoms with Crippen molar-refractivity contribution in [3.63, 3.8) is 0 Å². The van der Waals surface area contributed by atoms with Crippen molar-refractivity contribution in [3.05, 3.63) is 71.3 Å². The first-order chi connectivity index (χ1) is 13.0. The fourth-order valence-corrected chi connectivity index (χ4v) is 2.99. The molecular weight excluding hydrogens is 340 g/mol. The molecule has 1 aromatic carbocycles. The van der Waals surface area contributed by atoms with E-state index in [1.807, 2.05) is 51.1 Å². The molecule has 0 unspecified atom stereocenters. The summed E-state index contributed by atoms with van der Waals surface area (Å²) in [6, 6.07) is 13.6. The van der Waals surface area contributed by atoms with Crippen LogP contribution in [0, 0.1) is 13.8 Å². The van der Waals surface area contributed by atoms with Crippen LogP contribution in [0.4, 0.5) is 11.8 Å². The molecule has 0 saturated carbocycles. The van der Waals surface area contributed by atoms with Gasteiger partial charge >= 0.3 is 0 Å². The molecule has 27 heavy (non-hydrogen) atoms. The van der Waals surface area contributed by atoms with Gasteiger partial charge in [0.1, 0.15) is 17.3 Å². The van der Waals surface area contributed by atoms with Crippen LogP contribution in [0.1, 0.15) is 47.3 Å². The van der Waals surface area contributed by atoms with Crippen LogP contribution in [0.15, 0.2) is 53.1 Å². The first kappa shape index (κ1) is 18.6. The molecule has 3 rings (SSSR count). The van der Waals surface area contributed by atoms with Gasteiger partial charge in [-0.05, 0) is 45.4 Å². The lowest BCUT2D eigenvalue weighted by Crippen LogP contribution is -2.31. The predicted octanol–water partition coefficient (Wildman–Crippen LogP) is 4.53. The zero-order valence-corrected chi connectivity index (χ0v) is 16.1. The first-order valence-electron chi connectivity index (χ1n) is 9.03. The van der Waals surface area contributed by atoms with Gasteiger partial charge < -0.3 is 9.73 Å². The summed E-state index contributed by atoms with van der Waals surface area (Å²) in [5.74, 6) is 2.23. The number of furan rings is 1. The second-order valence-electron chi connectivity index (χ2n) is 6.39. The molecule has 1 N–H and O–H groups in total. The molecule has 0 bridgehead atoms. The van der Waals surface area contributed by atoms with Crippen molar-refractivity contribution >= 4 is 17.7 Å². The number of aryl methyl sites for hydroxylation is 2. The van der Waals surface area contributed by atoms with Crippen LogP contribution in [0.3, 0.4) is 0 Å². The molecular formula is C21H24N4O2. The Bertz CT molecular complexity index is 921. The third-order valence-corrected chi connectivity index (χ3v) is 4.40. The molecule has 2 aromatic heterocycles. The lowest BCUT2D eigenvalue weighted by Gasteiger charge is -2.21. The fourth-order valence-electron chi connectivity index (χ4n) is 2.99. The van der Waals surface area contributed by atoms with Crippen molar-refractivity contribution < 1.29 is 9.21 Å². The maximum Gasteiger partial charge on any atom is 0.262 e. The summed E-state index contributed by atoms with van der Waals surface area (Å²) in [7, 11) is 0.